The molecule has 7 heteroatoms. The Kier molecular flexibility index (Phi) is 6.16. The second kappa shape index (κ2) is 7.67. The fourth-order valence-electron chi connectivity index (χ4n) is 1.44. The summed E-state index contributed by atoms with van der Waals surface area (Å²) in [7, 11) is 5.28. The van der Waals surface area contributed by atoms with E-state index in [1.807, 2.05) is 7.05 Å². The maximum atomic E-state index is 5.69. The van der Waals surface area contributed by atoms with Gasteiger partial charge < -0.3 is 25.4 Å². The van der Waals surface area contributed by atoms with Crippen molar-refractivity contribution in [3.05, 3.63) is 6.33 Å². The second-order valence-corrected chi connectivity index (χ2v) is 3.86. The number of aromatic nitrogens is 2. The van der Waals surface area contributed by atoms with Crippen molar-refractivity contribution < 1.29 is 9.47 Å². The molecule has 0 atom stereocenters. The highest BCUT2D eigenvalue weighted by atomic mass is 16.5. The molecule has 0 amide bonds. The Labute approximate surface area is 107 Å². The highest BCUT2D eigenvalue weighted by Gasteiger charge is 2.08. The van der Waals surface area contributed by atoms with Gasteiger partial charge in [-0.05, 0) is 7.05 Å². The molecule has 0 radical (unpaired) electrons. The van der Waals surface area contributed by atoms with Gasteiger partial charge in [0, 0.05) is 26.7 Å². The minimum absolute atomic E-state index is 0.336. The first-order valence-corrected chi connectivity index (χ1v) is 5.74. The van der Waals surface area contributed by atoms with Gasteiger partial charge >= 0.3 is 0 Å². The van der Waals surface area contributed by atoms with Gasteiger partial charge in [-0.3, -0.25) is 0 Å². The zero-order valence-electron chi connectivity index (χ0n) is 11.1. The van der Waals surface area contributed by atoms with Crippen molar-refractivity contribution in [2.24, 2.45) is 0 Å². The third-order valence-electron chi connectivity index (χ3n) is 2.50. The van der Waals surface area contributed by atoms with Crippen LogP contribution in [0.15, 0.2) is 6.33 Å². The van der Waals surface area contributed by atoms with Gasteiger partial charge in [-0.15, -0.1) is 0 Å². The Morgan fingerprint density at radius 3 is 2.78 bits per heavy atom. The lowest BCUT2D eigenvalue weighted by molar-refractivity contribution is 0.163. The summed E-state index contributed by atoms with van der Waals surface area (Å²) >= 11 is 0. The van der Waals surface area contributed by atoms with Crippen molar-refractivity contribution in [3.8, 4) is 5.75 Å². The Hall–Kier alpha value is -1.60. The number of hydrogen-bond donors (Lipinski definition) is 2. The molecule has 102 valence electrons. The van der Waals surface area contributed by atoms with Crippen LogP contribution in [0.1, 0.15) is 0 Å². The maximum absolute atomic E-state index is 5.69. The molecule has 0 aliphatic rings. The standard InChI is InChI=1S/C11H21N5O2/c1-16(6-7-17-2)5-4-13-11-9(18-3)10(12)14-8-15-11/h8H,4-7H2,1-3H3,(H3,12,13,14,15). The molecule has 0 saturated carbocycles. The Morgan fingerprint density at radius 2 is 2.11 bits per heavy atom. The predicted molar refractivity (Wildman–Crippen MR) is 70.9 cm³/mol. The molecule has 0 aliphatic heterocycles. The Bertz CT molecular complexity index is 361. The molecule has 7 nitrogen and oxygen atoms in total. The summed E-state index contributed by atoms with van der Waals surface area (Å²) in [5, 5.41) is 3.17. The average molecular weight is 255 g/mol. The summed E-state index contributed by atoms with van der Waals surface area (Å²) in [4.78, 5) is 10.1. The van der Waals surface area contributed by atoms with E-state index < -0.39 is 0 Å². The van der Waals surface area contributed by atoms with Crippen molar-refractivity contribution >= 4 is 11.6 Å². The van der Waals surface area contributed by atoms with Gasteiger partial charge in [0.1, 0.15) is 6.33 Å². The molecule has 0 aliphatic carbocycles. The molecule has 0 bridgehead atoms. The van der Waals surface area contributed by atoms with Crippen LogP contribution in [0, 0.1) is 0 Å². The number of rotatable bonds is 8. The van der Waals surface area contributed by atoms with Crippen molar-refractivity contribution in [1.29, 1.82) is 0 Å². The van der Waals surface area contributed by atoms with E-state index in [-0.39, 0.29) is 0 Å². The topological polar surface area (TPSA) is 85.5 Å². The lowest BCUT2D eigenvalue weighted by Crippen LogP contribution is -2.28. The number of nitrogen functional groups attached to an aromatic ring is 1. The molecule has 0 spiro atoms. The molecule has 1 aromatic rings. The third-order valence-corrected chi connectivity index (χ3v) is 2.50. The summed E-state index contributed by atoms with van der Waals surface area (Å²) in [6.45, 7) is 3.23. The zero-order valence-corrected chi connectivity index (χ0v) is 11.1. The maximum Gasteiger partial charge on any atom is 0.203 e. The van der Waals surface area contributed by atoms with Crippen LogP contribution in [0.5, 0.6) is 5.75 Å². The van der Waals surface area contributed by atoms with E-state index >= 15 is 0 Å². The summed E-state index contributed by atoms with van der Waals surface area (Å²) in [5.41, 5.74) is 5.69. The third kappa shape index (κ3) is 4.34. The molecule has 18 heavy (non-hydrogen) atoms. The van der Waals surface area contributed by atoms with Crippen LogP contribution >= 0.6 is 0 Å². The van der Waals surface area contributed by atoms with E-state index in [4.69, 9.17) is 15.2 Å². The predicted octanol–water partition coefficient (Wildman–Crippen LogP) is 0.0575. The monoisotopic (exact) mass is 255 g/mol. The number of nitrogens with two attached hydrogens (primary N) is 1. The van der Waals surface area contributed by atoms with Gasteiger partial charge in [-0.2, -0.15) is 0 Å². The molecule has 0 fully saturated rings. The van der Waals surface area contributed by atoms with Crippen LogP contribution in [-0.4, -0.2) is 62.4 Å². The van der Waals surface area contributed by atoms with Crippen molar-refractivity contribution in [2.45, 2.75) is 0 Å². The van der Waals surface area contributed by atoms with E-state index in [9.17, 15) is 0 Å². The summed E-state index contributed by atoms with van der Waals surface area (Å²) in [6, 6.07) is 0. The number of nitrogens with zero attached hydrogens (tertiary/aromatic N) is 3. The number of nitrogens with one attached hydrogen (secondary N) is 1. The van der Waals surface area contributed by atoms with E-state index in [0.717, 1.165) is 26.2 Å². The summed E-state index contributed by atoms with van der Waals surface area (Å²) in [5.74, 6) is 1.44. The normalized spacial score (nSPS) is 10.7. The first-order valence-electron chi connectivity index (χ1n) is 5.74. The molecule has 1 heterocycles. The highest BCUT2D eigenvalue weighted by molar-refractivity contribution is 5.61. The van der Waals surface area contributed by atoms with Crippen LogP contribution < -0.4 is 15.8 Å². The second-order valence-electron chi connectivity index (χ2n) is 3.86. The molecular weight excluding hydrogens is 234 g/mol. The van der Waals surface area contributed by atoms with Crippen LogP contribution in [-0.2, 0) is 4.74 Å². The number of anilines is 2. The zero-order chi connectivity index (χ0) is 13.4. The molecule has 0 aromatic carbocycles. The fourth-order valence-corrected chi connectivity index (χ4v) is 1.44. The Balaban J connectivity index is 2.41. The molecule has 1 rings (SSSR count). The highest BCUT2D eigenvalue weighted by Crippen LogP contribution is 2.25. The van der Waals surface area contributed by atoms with Gasteiger partial charge in [0.05, 0.1) is 13.7 Å². The molecular formula is C11H21N5O2. The largest absolute Gasteiger partial charge is 0.490 e. The minimum atomic E-state index is 0.336. The number of hydrogen-bond acceptors (Lipinski definition) is 7. The smallest absolute Gasteiger partial charge is 0.203 e. The minimum Gasteiger partial charge on any atom is -0.490 e. The first-order chi connectivity index (χ1) is 8.69. The van der Waals surface area contributed by atoms with Gasteiger partial charge in [-0.25, -0.2) is 9.97 Å². The van der Waals surface area contributed by atoms with Crippen LogP contribution in [0.25, 0.3) is 0 Å². The van der Waals surface area contributed by atoms with Crippen molar-refractivity contribution in [1.82, 2.24) is 14.9 Å². The number of likely N-dealkylation sites (N-methyl/N-ethyl adjacent to an activating group) is 1. The SMILES string of the molecule is COCCN(C)CCNc1ncnc(N)c1OC. The lowest BCUT2D eigenvalue weighted by Gasteiger charge is -2.17. The van der Waals surface area contributed by atoms with Crippen molar-refractivity contribution in [3.63, 3.8) is 0 Å². The van der Waals surface area contributed by atoms with E-state index in [1.54, 1.807) is 14.2 Å². The molecule has 3 N–H and O–H groups in total. The van der Waals surface area contributed by atoms with E-state index in [2.05, 4.69) is 20.2 Å². The van der Waals surface area contributed by atoms with Crippen LogP contribution in [0.2, 0.25) is 0 Å². The van der Waals surface area contributed by atoms with Crippen molar-refractivity contribution in [2.75, 3.05) is 58.6 Å². The van der Waals surface area contributed by atoms with Crippen LogP contribution in [0.4, 0.5) is 11.6 Å². The lowest BCUT2D eigenvalue weighted by atomic mass is 10.4. The summed E-state index contributed by atoms with van der Waals surface area (Å²) < 4.78 is 10.2. The van der Waals surface area contributed by atoms with Gasteiger partial charge in [0.2, 0.25) is 5.75 Å². The summed E-state index contributed by atoms with van der Waals surface area (Å²) in [6.07, 6.45) is 1.41. The first kappa shape index (κ1) is 14.5. The van der Waals surface area contributed by atoms with Gasteiger partial charge in [0.25, 0.3) is 0 Å². The fraction of sp³-hybridized carbons (Fsp3) is 0.636. The van der Waals surface area contributed by atoms with E-state index in [0.29, 0.717) is 17.4 Å². The number of methoxy groups -OCH3 is 2. The average Bonchev–Trinajstić information content (AvgIpc) is 2.36. The quantitative estimate of drug-likeness (QED) is 0.679. The molecule has 0 unspecified atom stereocenters. The Morgan fingerprint density at radius 1 is 1.33 bits per heavy atom. The molecule has 0 saturated heterocycles. The number of ether oxygens (including phenoxy) is 2. The van der Waals surface area contributed by atoms with Gasteiger partial charge in [-0.1, -0.05) is 0 Å². The van der Waals surface area contributed by atoms with E-state index in [1.165, 1.54) is 6.33 Å². The van der Waals surface area contributed by atoms with Gasteiger partial charge in [0.15, 0.2) is 11.6 Å². The molecule has 1 aromatic heterocycles. The van der Waals surface area contributed by atoms with Crippen LogP contribution in [0.3, 0.4) is 0 Å².